The molecule has 1 aliphatic carbocycles. The zero-order valence-corrected chi connectivity index (χ0v) is 12.8. The summed E-state index contributed by atoms with van der Waals surface area (Å²) >= 11 is 1.89. The van der Waals surface area contributed by atoms with Crippen LogP contribution in [0, 0.1) is 11.6 Å². The molecule has 0 aliphatic heterocycles. The number of carbonyl (C=O) groups is 1. The van der Waals surface area contributed by atoms with Gasteiger partial charge in [-0.15, -0.1) is 0 Å². The van der Waals surface area contributed by atoms with Crippen molar-refractivity contribution in [1.29, 1.82) is 0 Å². The van der Waals surface area contributed by atoms with Crippen molar-refractivity contribution in [3.05, 3.63) is 29.8 Å². The second kappa shape index (κ2) is 7.75. The fraction of sp³-hybridized carbons (Fsp3) is 0.533. The number of anilines is 1. The molecule has 1 saturated carbocycles. The SMILES string of the molecule is CCSC1CCCC1NCC(=O)Nc1c(F)cccc1F. The van der Waals surface area contributed by atoms with E-state index in [0.717, 1.165) is 37.1 Å². The highest BCUT2D eigenvalue weighted by atomic mass is 32.2. The molecule has 2 atom stereocenters. The van der Waals surface area contributed by atoms with Crippen molar-refractivity contribution >= 4 is 23.4 Å². The van der Waals surface area contributed by atoms with Crippen LogP contribution in [0.4, 0.5) is 14.5 Å². The Morgan fingerprint density at radius 3 is 2.71 bits per heavy atom. The van der Waals surface area contributed by atoms with Gasteiger partial charge in [-0.25, -0.2) is 8.78 Å². The summed E-state index contributed by atoms with van der Waals surface area (Å²) in [6.07, 6.45) is 3.34. The topological polar surface area (TPSA) is 41.1 Å². The maximum atomic E-state index is 13.4. The highest BCUT2D eigenvalue weighted by Gasteiger charge is 2.27. The van der Waals surface area contributed by atoms with E-state index in [2.05, 4.69) is 17.6 Å². The Bertz CT molecular complexity index is 478. The number of rotatable bonds is 6. The van der Waals surface area contributed by atoms with Gasteiger partial charge < -0.3 is 10.6 Å². The molecular formula is C15H20F2N2OS. The maximum absolute atomic E-state index is 13.4. The van der Waals surface area contributed by atoms with E-state index in [1.807, 2.05) is 11.8 Å². The molecule has 21 heavy (non-hydrogen) atoms. The Labute approximate surface area is 127 Å². The summed E-state index contributed by atoms with van der Waals surface area (Å²) < 4.78 is 26.9. The number of para-hydroxylation sites is 1. The van der Waals surface area contributed by atoms with Crippen molar-refractivity contribution in [2.75, 3.05) is 17.6 Å². The van der Waals surface area contributed by atoms with Gasteiger partial charge in [0.15, 0.2) is 0 Å². The molecule has 2 rings (SSSR count). The molecule has 0 radical (unpaired) electrons. The Balaban J connectivity index is 1.85. The fourth-order valence-corrected chi connectivity index (χ4v) is 3.82. The van der Waals surface area contributed by atoms with E-state index in [-0.39, 0.29) is 12.2 Å². The highest BCUT2D eigenvalue weighted by Crippen LogP contribution is 2.29. The van der Waals surface area contributed by atoms with E-state index in [1.165, 1.54) is 6.07 Å². The number of hydrogen-bond acceptors (Lipinski definition) is 3. The molecule has 0 aromatic heterocycles. The molecule has 2 unspecified atom stereocenters. The first-order valence-corrected chi connectivity index (χ1v) is 8.25. The monoisotopic (exact) mass is 314 g/mol. The Hall–Kier alpha value is -1.14. The molecule has 1 aromatic carbocycles. The number of benzene rings is 1. The first kappa shape index (κ1) is 16.2. The van der Waals surface area contributed by atoms with Crippen LogP contribution in [0.1, 0.15) is 26.2 Å². The molecule has 3 nitrogen and oxygen atoms in total. The van der Waals surface area contributed by atoms with Gasteiger partial charge in [0, 0.05) is 11.3 Å². The van der Waals surface area contributed by atoms with Crippen LogP contribution in [0.5, 0.6) is 0 Å². The first-order valence-electron chi connectivity index (χ1n) is 7.20. The molecule has 2 N–H and O–H groups in total. The average Bonchev–Trinajstić information content (AvgIpc) is 2.89. The number of amides is 1. The molecule has 0 saturated heterocycles. The smallest absolute Gasteiger partial charge is 0.238 e. The van der Waals surface area contributed by atoms with Crippen LogP contribution < -0.4 is 10.6 Å². The zero-order valence-electron chi connectivity index (χ0n) is 12.0. The normalized spacial score (nSPS) is 21.5. The molecule has 1 amide bonds. The molecule has 1 fully saturated rings. The molecular weight excluding hydrogens is 294 g/mol. The molecule has 0 bridgehead atoms. The van der Waals surface area contributed by atoms with Crippen LogP contribution in [-0.2, 0) is 4.79 Å². The second-order valence-electron chi connectivity index (χ2n) is 5.06. The molecule has 0 heterocycles. The third-order valence-corrected chi connectivity index (χ3v) is 4.91. The van der Waals surface area contributed by atoms with Crippen LogP contribution in [0.2, 0.25) is 0 Å². The van der Waals surface area contributed by atoms with Crippen molar-refractivity contribution in [2.24, 2.45) is 0 Å². The largest absolute Gasteiger partial charge is 0.320 e. The summed E-state index contributed by atoms with van der Waals surface area (Å²) in [5, 5.41) is 6.01. The number of nitrogens with one attached hydrogen (secondary N) is 2. The Morgan fingerprint density at radius 2 is 2.05 bits per heavy atom. The summed E-state index contributed by atoms with van der Waals surface area (Å²) in [4.78, 5) is 11.8. The molecule has 6 heteroatoms. The van der Waals surface area contributed by atoms with Crippen molar-refractivity contribution in [2.45, 2.75) is 37.5 Å². The molecule has 1 aromatic rings. The summed E-state index contributed by atoms with van der Waals surface area (Å²) in [5.41, 5.74) is -0.379. The van der Waals surface area contributed by atoms with Crippen LogP contribution in [-0.4, -0.2) is 29.5 Å². The minimum Gasteiger partial charge on any atom is -0.320 e. The van der Waals surface area contributed by atoms with Crippen molar-refractivity contribution in [3.8, 4) is 0 Å². The molecule has 1 aliphatic rings. The third-order valence-electron chi connectivity index (χ3n) is 3.59. The lowest BCUT2D eigenvalue weighted by molar-refractivity contribution is -0.115. The van der Waals surface area contributed by atoms with E-state index in [9.17, 15) is 13.6 Å². The van der Waals surface area contributed by atoms with Gasteiger partial charge in [-0.1, -0.05) is 19.4 Å². The number of thioether (sulfide) groups is 1. The second-order valence-corrected chi connectivity index (χ2v) is 6.57. The van der Waals surface area contributed by atoms with Crippen LogP contribution in [0.3, 0.4) is 0 Å². The first-order chi connectivity index (χ1) is 10.1. The quantitative estimate of drug-likeness (QED) is 0.847. The van der Waals surface area contributed by atoms with E-state index >= 15 is 0 Å². The Morgan fingerprint density at radius 1 is 1.33 bits per heavy atom. The number of hydrogen-bond donors (Lipinski definition) is 2. The van der Waals surface area contributed by atoms with Crippen LogP contribution in [0.15, 0.2) is 18.2 Å². The fourth-order valence-electron chi connectivity index (χ4n) is 2.60. The average molecular weight is 314 g/mol. The summed E-state index contributed by atoms with van der Waals surface area (Å²) in [6, 6.07) is 3.81. The zero-order chi connectivity index (χ0) is 15.2. The summed E-state index contributed by atoms with van der Waals surface area (Å²) in [7, 11) is 0. The van der Waals surface area contributed by atoms with E-state index in [4.69, 9.17) is 0 Å². The van der Waals surface area contributed by atoms with Crippen LogP contribution >= 0.6 is 11.8 Å². The standard InChI is InChI=1S/C15H20F2N2OS/c1-2-21-13-8-4-7-12(13)18-9-14(20)19-15-10(16)5-3-6-11(15)17/h3,5-6,12-13,18H,2,4,7-9H2,1H3,(H,19,20). The van der Waals surface area contributed by atoms with Gasteiger partial charge in [0.1, 0.15) is 17.3 Å². The lowest BCUT2D eigenvalue weighted by Crippen LogP contribution is -2.39. The minimum absolute atomic E-state index is 0.0687. The van der Waals surface area contributed by atoms with Gasteiger partial charge in [0.25, 0.3) is 0 Å². The lowest BCUT2D eigenvalue weighted by Gasteiger charge is -2.20. The van der Waals surface area contributed by atoms with Gasteiger partial charge in [-0.3, -0.25) is 4.79 Å². The van der Waals surface area contributed by atoms with Gasteiger partial charge in [0.2, 0.25) is 5.91 Å². The van der Waals surface area contributed by atoms with Gasteiger partial charge in [-0.2, -0.15) is 11.8 Å². The molecule has 116 valence electrons. The summed E-state index contributed by atoms with van der Waals surface area (Å²) in [6.45, 7) is 2.19. The number of carbonyl (C=O) groups excluding carboxylic acids is 1. The van der Waals surface area contributed by atoms with Crippen molar-refractivity contribution in [3.63, 3.8) is 0 Å². The number of halogens is 2. The van der Waals surface area contributed by atoms with Crippen molar-refractivity contribution < 1.29 is 13.6 Å². The van der Waals surface area contributed by atoms with E-state index < -0.39 is 17.5 Å². The molecule has 0 spiro atoms. The van der Waals surface area contributed by atoms with E-state index in [0.29, 0.717) is 11.3 Å². The van der Waals surface area contributed by atoms with Crippen molar-refractivity contribution in [1.82, 2.24) is 5.32 Å². The summed E-state index contributed by atoms with van der Waals surface area (Å²) in [5.74, 6) is -0.895. The van der Waals surface area contributed by atoms with E-state index in [1.54, 1.807) is 0 Å². The maximum Gasteiger partial charge on any atom is 0.238 e. The van der Waals surface area contributed by atoms with Crippen LogP contribution in [0.25, 0.3) is 0 Å². The predicted molar refractivity (Wildman–Crippen MR) is 82.5 cm³/mol. The van der Waals surface area contributed by atoms with Gasteiger partial charge in [0.05, 0.1) is 6.54 Å². The predicted octanol–water partition coefficient (Wildman–Crippen LogP) is 3.17. The highest BCUT2D eigenvalue weighted by molar-refractivity contribution is 7.99. The third kappa shape index (κ3) is 4.41. The minimum atomic E-state index is -0.761. The van der Waals surface area contributed by atoms with Gasteiger partial charge in [-0.05, 0) is 30.7 Å². The lowest BCUT2D eigenvalue weighted by atomic mass is 10.2. The van der Waals surface area contributed by atoms with Gasteiger partial charge >= 0.3 is 0 Å². The Kier molecular flexibility index (Phi) is 5.99.